The monoisotopic (exact) mass is 355 g/mol. The Morgan fingerprint density at radius 3 is 2.42 bits per heavy atom. The Labute approximate surface area is 156 Å². The minimum absolute atomic E-state index is 0.185. The Balaban J connectivity index is 1.97. The molecule has 26 heavy (non-hydrogen) atoms. The second-order valence-electron chi connectivity index (χ2n) is 6.61. The molecule has 0 saturated heterocycles. The Hall–Kier alpha value is -2.46. The van der Waals surface area contributed by atoms with Crippen molar-refractivity contribution >= 4 is 0 Å². The van der Waals surface area contributed by atoms with Gasteiger partial charge in [0.15, 0.2) is 11.5 Å². The van der Waals surface area contributed by atoms with Crippen molar-refractivity contribution in [3.8, 4) is 17.2 Å². The van der Waals surface area contributed by atoms with E-state index < -0.39 is 0 Å². The van der Waals surface area contributed by atoms with Gasteiger partial charge in [0.25, 0.3) is 0 Å². The molecule has 0 radical (unpaired) electrons. The van der Waals surface area contributed by atoms with Crippen molar-refractivity contribution in [3.63, 3.8) is 0 Å². The van der Waals surface area contributed by atoms with Gasteiger partial charge < -0.3 is 19.5 Å². The van der Waals surface area contributed by atoms with E-state index in [4.69, 9.17) is 14.2 Å². The molecule has 0 heterocycles. The molecule has 0 spiro atoms. The normalized spacial score (nSPS) is 10.7. The average molecular weight is 355 g/mol. The van der Waals surface area contributed by atoms with Gasteiger partial charge in [-0.05, 0) is 50.1 Å². The number of ether oxygens (including phenoxy) is 3. The van der Waals surface area contributed by atoms with E-state index in [-0.39, 0.29) is 6.10 Å². The zero-order valence-electron chi connectivity index (χ0n) is 16.2. The topological polar surface area (TPSA) is 39.7 Å². The van der Waals surface area contributed by atoms with E-state index in [0.717, 1.165) is 34.9 Å². The largest absolute Gasteiger partial charge is 0.493 e. The van der Waals surface area contributed by atoms with Crippen LogP contribution in [-0.4, -0.2) is 19.8 Å². The molecule has 0 saturated carbocycles. The molecular formula is C22H29NO3. The number of hydrogen-bond donors (Lipinski definition) is 1. The van der Waals surface area contributed by atoms with Gasteiger partial charge in [-0.1, -0.05) is 30.8 Å². The first-order chi connectivity index (χ1) is 12.5. The standard InChI is InChI=1S/C22H29NO3/c1-16(2)15-25-22-19(7-6-8-21(22)24-5)14-23-13-18-9-11-20(12-10-18)26-17(3)4/h6-12,17,23H,1,13-15H2,2-5H3. The minimum atomic E-state index is 0.185. The van der Waals surface area contributed by atoms with Gasteiger partial charge >= 0.3 is 0 Å². The molecule has 0 unspecified atom stereocenters. The molecule has 2 rings (SSSR count). The lowest BCUT2D eigenvalue weighted by Gasteiger charge is -2.16. The van der Waals surface area contributed by atoms with Crippen molar-refractivity contribution in [1.29, 1.82) is 0 Å². The van der Waals surface area contributed by atoms with Crippen LogP contribution in [0.2, 0.25) is 0 Å². The van der Waals surface area contributed by atoms with E-state index in [1.807, 2.05) is 51.1 Å². The average Bonchev–Trinajstić information content (AvgIpc) is 2.61. The highest BCUT2D eigenvalue weighted by molar-refractivity contribution is 5.46. The van der Waals surface area contributed by atoms with Crippen LogP contribution in [-0.2, 0) is 13.1 Å². The lowest BCUT2D eigenvalue weighted by atomic mass is 10.1. The smallest absolute Gasteiger partial charge is 0.166 e. The summed E-state index contributed by atoms with van der Waals surface area (Å²) in [6.07, 6.45) is 0.185. The van der Waals surface area contributed by atoms with Gasteiger partial charge in [-0.2, -0.15) is 0 Å². The lowest BCUT2D eigenvalue weighted by molar-refractivity contribution is 0.242. The van der Waals surface area contributed by atoms with Crippen LogP contribution in [0.1, 0.15) is 31.9 Å². The van der Waals surface area contributed by atoms with Crippen molar-refractivity contribution in [1.82, 2.24) is 5.32 Å². The molecule has 0 aliphatic carbocycles. The van der Waals surface area contributed by atoms with Crippen LogP contribution in [0.4, 0.5) is 0 Å². The summed E-state index contributed by atoms with van der Waals surface area (Å²) in [5.41, 5.74) is 3.23. The Kier molecular flexibility index (Phi) is 7.54. The lowest BCUT2D eigenvalue weighted by Crippen LogP contribution is -2.14. The number of methoxy groups -OCH3 is 1. The molecule has 1 N–H and O–H groups in total. The van der Waals surface area contributed by atoms with Crippen LogP contribution in [0.25, 0.3) is 0 Å². The first kappa shape index (κ1) is 19.9. The molecule has 0 bridgehead atoms. The van der Waals surface area contributed by atoms with Gasteiger partial charge in [0.05, 0.1) is 13.2 Å². The van der Waals surface area contributed by atoms with Crippen molar-refractivity contribution in [2.45, 2.75) is 40.0 Å². The molecule has 0 aliphatic rings. The van der Waals surface area contributed by atoms with E-state index in [0.29, 0.717) is 13.2 Å². The summed E-state index contributed by atoms with van der Waals surface area (Å²) in [6.45, 7) is 11.8. The summed E-state index contributed by atoms with van der Waals surface area (Å²) in [5, 5.41) is 3.46. The first-order valence-corrected chi connectivity index (χ1v) is 8.89. The van der Waals surface area contributed by atoms with Crippen LogP contribution in [0.5, 0.6) is 17.2 Å². The molecule has 0 atom stereocenters. The summed E-state index contributed by atoms with van der Waals surface area (Å²) in [6, 6.07) is 14.1. The molecule has 2 aromatic rings. The maximum absolute atomic E-state index is 5.89. The second-order valence-corrected chi connectivity index (χ2v) is 6.61. The Morgan fingerprint density at radius 1 is 1.08 bits per heavy atom. The van der Waals surface area contributed by atoms with Crippen LogP contribution >= 0.6 is 0 Å². The van der Waals surface area contributed by atoms with Gasteiger partial charge in [-0.25, -0.2) is 0 Å². The van der Waals surface area contributed by atoms with Gasteiger partial charge in [0.1, 0.15) is 12.4 Å². The number of hydrogen-bond acceptors (Lipinski definition) is 4. The number of nitrogens with one attached hydrogen (secondary N) is 1. The third kappa shape index (κ3) is 6.12. The van der Waals surface area contributed by atoms with Gasteiger partial charge in [-0.15, -0.1) is 0 Å². The van der Waals surface area contributed by atoms with E-state index in [1.54, 1.807) is 7.11 Å². The van der Waals surface area contributed by atoms with Crippen LogP contribution in [0, 0.1) is 0 Å². The van der Waals surface area contributed by atoms with E-state index in [2.05, 4.69) is 24.0 Å². The highest BCUT2D eigenvalue weighted by Gasteiger charge is 2.10. The van der Waals surface area contributed by atoms with Crippen LogP contribution < -0.4 is 19.5 Å². The van der Waals surface area contributed by atoms with Crippen molar-refractivity contribution < 1.29 is 14.2 Å². The van der Waals surface area contributed by atoms with Gasteiger partial charge in [0.2, 0.25) is 0 Å². The molecule has 4 nitrogen and oxygen atoms in total. The van der Waals surface area contributed by atoms with E-state index in [1.165, 1.54) is 5.56 Å². The summed E-state index contributed by atoms with van der Waals surface area (Å²) in [7, 11) is 1.65. The number of para-hydroxylation sites is 1. The zero-order valence-corrected chi connectivity index (χ0v) is 16.2. The predicted molar refractivity (Wildman–Crippen MR) is 106 cm³/mol. The molecule has 2 aromatic carbocycles. The maximum Gasteiger partial charge on any atom is 0.166 e. The summed E-state index contributed by atoms with van der Waals surface area (Å²) >= 11 is 0. The number of rotatable bonds is 10. The quantitative estimate of drug-likeness (QED) is 0.626. The summed E-state index contributed by atoms with van der Waals surface area (Å²) < 4.78 is 17.0. The molecule has 0 amide bonds. The summed E-state index contributed by atoms with van der Waals surface area (Å²) in [5.74, 6) is 2.40. The highest BCUT2D eigenvalue weighted by Crippen LogP contribution is 2.31. The third-order valence-corrected chi connectivity index (χ3v) is 3.68. The number of benzene rings is 2. The van der Waals surface area contributed by atoms with Crippen molar-refractivity contribution in [2.75, 3.05) is 13.7 Å². The SMILES string of the molecule is C=C(C)COc1c(CNCc2ccc(OC(C)C)cc2)cccc1OC. The molecule has 4 heteroatoms. The van der Waals surface area contributed by atoms with Crippen molar-refractivity contribution in [3.05, 3.63) is 65.7 Å². The predicted octanol–water partition coefficient (Wildman–Crippen LogP) is 4.73. The fraction of sp³-hybridized carbons (Fsp3) is 0.364. The molecular weight excluding hydrogens is 326 g/mol. The molecule has 0 aromatic heterocycles. The fourth-order valence-electron chi connectivity index (χ4n) is 2.52. The molecule has 0 aliphatic heterocycles. The third-order valence-electron chi connectivity index (χ3n) is 3.68. The Morgan fingerprint density at radius 2 is 1.81 bits per heavy atom. The van der Waals surface area contributed by atoms with E-state index >= 15 is 0 Å². The molecule has 0 fully saturated rings. The highest BCUT2D eigenvalue weighted by atomic mass is 16.5. The maximum atomic E-state index is 5.89. The van der Waals surface area contributed by atoms with Gasteiger partial charge in [-0.3, -0.25) is 0 Å². The second kappa shape index (κ2) is 9.88. The first-order valence-electron chi connectivity index (χ1n) is 8.89. The van der Waals surface area contributed by atoms with Crippen LogP contribution in [0.15, 0.2) is 54.6 Å². The zero-order chi connectivity index (χ0) is 18.9. The fourth-order valence-corrected chi connectivity index (χ4v) is 2.52. The minimum Gasteiger partial charge on any atom is -0.493 e. The van der Waals surface area contributed by atoms with Crippen molar-refractivity contribution in [2.24, 2.45) is 0 Å². The van der Waals surface area contributed by atoms with Crippen LogP contribution in [0.3, 0.4) is 0 Å². The van der Waals surface area contributed by atoms with Gasteiger partial charge in [0, 0.05) is 18.7 Å². The Bertz CT molecular complexity index is 708. The summed E-state index contributed by atoms with van der Waals surface area (Å²) in [4.78, 5) is 0. The van der Waals surface area contributed by atoms with E-state index in [9.17, 15) is 0 Å². The molecule has 140 valence electrons.